The Labute approximate surface area is 191 Å². The second-order valence-electron chi connectivity index (χ2n) is 8.63. The number of carbonyl (C=O) groups is 1. The molecule has 0 saturated carbocycles. The van der Waals surface area contributed by atoms with Crippen LogP contribution in [-0.2, 0) is 27.7 Å². The van der Waals surface area contributed by atoms with Crippen LogP contribution in [0.1, 0.15) is 56.6 Å². The van der Waals surface area contributed by atoms with E-state index in [-0.39, 0.29) is 10.8 Å². The lowest BCUT2D eigenvalue weighted by atomic mass is 9.92. The molecule has 0 spiro atoms. The maximum Gasteiger partial charge on any atom is 0.265 e. The molecule has 0 unspecified atom stereocenters. The smallest absolute Gasteiger partial charge is 0.265 e. The van der Waals surface area contributed by atoms with Crippen LogP contribution in [0.4, 0.5) is 5.69 Å². The number of aryl methyl sites for hydroxylation is 2. The Balaban J connectivity index is 1.40. The predicted molar refractivity (Wildman–Crippen MR) is 125 cm³/mol. The number of nitrogens with zero attached hydrogens (tertiary/aromatic N) is 1. The van der Waals surface area contributed by atoms with E-state index in [0.717, 1.165) is 37.9 Å². The minimum Gasteiger partial charge on any atom is -0.481 e. The van der Waals surface area contributed by atoms with Gasteiger partial charge in [-0.3, -0.25) is 4.79 Å². The summed E-state index contributed by atoms with van der Waals surface area (Å²) >= 11 is 0. The van der Waals surface area contributed by atoms with Gasteiger partial charge in [-0.2, -0.15) is 4.31 Å². The van der Waals surface area contributed by atoms with Crippen molar-refractivity contribution in [1.29, 1.82) is 0 Å². The van der Waals surface area contributed by atoms with Crippen molar-refractivity contribution in [3.63, 3.8) is 0 Å². The summed E-state index contributed by atoms with van der Waals surface area (Å²) in [4.78, 5) is 13.1. The van der Waals surface area contributed by atoms with Crippen molar-refractivity contribution < 1.29 is 17.9 Å². The molecule has 0 radical (unpaired) electrons. The Kier molecular flexibility index (Phi) is 7.16. The molecule has 0 bridgehead atoms. The number of carbonyl (C=O) groups excluding carboxylic acids is 1. The number of sulfonamides is 1. The lowest BCUT2D eigenvalue weighted by molar-refractivity contribution is -0.122. The van der Waals surface area contributed by atoms with Crippen molar-refractivity contribution in [2.45, 2.75) is 69.3 Å². The number of rotatable bonds is 7. The van der Waals surface area contributed by atoms with Gasteiger partial charge in [0.1, 0.15) is 5.75 Å². The summed E-state index contributed by atoms with van der Waals surface area (Å²) in [5.74, 6) is 0.479. The molecule has 1 fully saturated rings. The van der Waals surface area contributed by atoms with Gasteiger partial charge in [-0.25, -0.2) is 8.42 Å². The van der Waals surface area contributed by atoms with Crippen molar-refractivity contribution in [1.82, 2.24) is 4.31 Å². The van der Waals surface area contributed by atoms with E-state index < -0.39 is 16.1 Å². The standard InChI is InChI=1S/C25H32N2O4S/c1-2-24(31-22-13-10-19-8-4-5-9-20(19)18-22)25(28)26-21-11-14-23(15-12-21)32(29,30)27-16-6-3-7-17-27/h10-15,18,24H,2-9,16-17H2,1H3,(H,26,28)/t24-/m1/s1. The van der Waals surface area contributed by atoms with Crippen molar-refractivity contribution in [3.05, 3.63) is 53.6 Å². The topological polar surface area (TPSA) is 75.7 Å². The van der Waals surface area contributed by atoms with Gasteiger partial charge in [-0.1, -0.05) is 19.4 Å². The molecule has 172 valence electrons. The molecule has 1 heterocycles. The van der Waals surface area contributed by atoms with Crippen molar-refractivity contribution >= 4 is 21.6 Å². The third-order valence-corrected chi connectivity index (χ3v) is 8.25. The van der Waals surface area contributed by atoms with Crippen molar-refractivity contribution in [3.8, 4) is 5.75 Å². The quantitative estimate of drug-likeness (QED) is 0.664. The van der Waals surface area contributed by atoms with Crippen LogP contribution in [0.25, 0.3) is 0 Å². The zero-order valence-electron chi connectivity index (χ0n) is 18.7. The molecule has 2 aromatic carbocycles. The molecule has 1 saturated heterocycles. The zero-order chi connectivity index (χ0) is 22.6. The molecule has 1 aliphatic heterocycles. The second kappa shape index (κ2) is 10.0. The third kappa shape index (κ3) is 5.15. The first-order chi connectivity index (χ1) is 15.5. The number of fused-ring (bicyclic) bond motifs is 1. The van der Waals surface area contributed by atoms with Crippen LogP contribution in [0, 0.1) is 0 Å². The SMILES string of the molecule is CC[C@@H](Oc1ccc2c(c1)CCCC2)C(=O)Nc1ccc(S(=O)(=O)N2CCCCC2)cc1. The minimum absolute atomic E-state index is 0.239. The largest absolute Gasteiger partial charge is 0.481 e. The number of piperidine rings is 1. The number of ether oxygens (including phenoxy) is 1. The Bertz CT molecular complexity index is 1040. The Morgan fingerprint density at radius 1 is 0.969 bits per heavy atom. The van der Waals surface area contributed by atoms with Gasteiger partial charge in [0, 0.05) is 18.8 Å². The molecular weight excluding hydrogens is 424 g/mol. The number of hydrogen-bond donors (Lipinski definition) is 1. The van der Waals surface area contributed by atoms with E-state index in [2.05, 4.69) is 17.4 Å². The maximum absolute atomic E-state index is 12.8. The maximum atomic E-state index is 12.8. The molecule has 7 heteroatoms. The highest BCUT2D eigenvalue weighted by atomic mass is 32.2. The fourth-order valence-corrected chi connectivity index (χ4v) is 5.97. The molecule has 1 aliphatic carbocycles. The molecule has 32 heavy (non-hydrogen) atoms. The fourth-order valence-electron chi connectivity index (χ4n) is 4.46. The van der Waals surface area contributed by atoms with Crippen LogP contribution in [0.5, 0.6) is 5.75 Å². The van der Waals surface area contributed by atoms with Gasteiger partial charge in [0.2, 0.25) is 10.0 Å². The van der Waals surface area contributed by atoms with Gasteiger partial charge in [0.05, 0.1) is 4.90 Å². The van der Waals surface area contributed by atoms with E-state index in [1.807, 2.05) is 13.0 Å². The highest BCUT2D eigenvalue weighted by Gasteiger charge is 2.26. The summed E-state index contributed by atoms with van der Waals surface area (Å²) in [7, 11) is -3.48. The molecule has 1 atom stereocenters. The summed E-state index contributed by atoms with van der Waals surface area (Å²) in [6.45, 7) is 3.05. The van der Waals surface area contributed by atoms with Gasteiger partial charge in [-0.05, 0) is 92.5 Å². The Morgan fingerprint density at radius 2 is 1.66 bits per heavy atom. The van der Waals surface area contributed by atoms with E-state index in [0.29, 0.717) is 25.2 Å². The summed E-state index contributed by atoms with van der Waals surface area (Å²) in [5, 5.41) is 2.86. The Hall–Kier alpha value is -2.38. The molecule has 1 amide bonds. The predicted octanol–water partition coefficient (Wildman–Crippen LogP) is 4.54. The van der Waals surface area contributed by atoms with Gasteiger partial charge < -0.3 is 10.1 Å². The highest BCUT2D eigenvalue weighted by Crippen LogP contribution is 2.27. The van der Waals surface area contributed by atoms with E-state index >= 15 is 0 Å². The number of benzene rings is 2. The lowest BCUT2D eigenvalue weighted by Gasteiger charge is -2.26. The lowest BCUT2D eigenvalue weighted by Crippen LogP contribution is -2.35. The van der Waals surface area contributed by atoms with Crippen molar-refractivity contribution in [2.24, 2.45) is 0 Å². The van der Waals surface area contributed by atoms with E-state index in [9.17, 15) is 13.2 Å². The van der Waals surface area contributed by atoms with Crippen LogP contribution in [0.2, 0.25) is 0 Å². The third-order valence-electron chi connectivity index (χ3n) is 6.34. The molecular formula is C25H32N2O4S. The molecule has 0 aromatic heterocycles. The average molecular weight is 457 g/mol. The Morgan fingerprint density at radius 3 is 2.34 bits per heavy atom. The minimum atomic E-state index is -3.48. The average Bonchev–Trinajstić information content (AvgIpc) is 2.83. The van der Waals surface area contributed by atoms with E-state index in [4.69, 9.17) is 4.74 Å². The number of hydrogen-bond acceptors (Lipinski definition) is 4. The summed E-state index contributed by atoms with van der Waals surface area (Å²) in [5.41, 5.74) is 3.25. The van der Waals surface area contributed by atoms with Gasteiger partial charge in [0.25, 0.3) is 5.91 Å². The normalized spacial score (nSPS) is 17.9. The van der Waals surface area contributed by atoms with E-state index in [1.165, 1.54) is 24.0 Å². The van der Waals surface area contributed by atoms with E-state index in [1.54, 1.807) is 28.6 Å². The van der Waals surface area contributed by atoms with Crippen molar-refractivity contribution in [2.75, 3.05) is 18.4 Å². The van der Waals surface area contributed by atoms with Crippen LogP contribution >= 0.6 is 0 Å². The molecule has 2 aliphatic rings. The monoisotopic (exact) mass is 456 g/mol. The second-order valence-corrected chi connectivity index (χ2v) is 10.6. The first-order valence-corrected chi connectivity index (χ1v) is 13.1. The zero-order valence-corrected chi connectivity index (χ0v) is 19.5. The number of amides is 1. The fraction of sp³-hybridized carbons (Fsp3) is 0.480. The van der Waals surface area contributed by atoms with Crippen LogP contribution in [0.15, 0.2) is 47.4 Å². The van der Waals surface area contributed by atoms with Gasteiger partial charge >= 0.3 is 0 Å². The molecule has 1 N–H and O–H groups in total. The van der Waals surface area contributed by atoms with Gasteiger partial charge in [-0.15, -0.1) is 0 Å². The molecule has 6 nitrogen and oxygen atoms in total. The first-order valence-electron chi connectivity index (χ1n) is 11.7. The first kappa shape index (κ1) is 22.8. The number of anilines is 1. The highest BCUT2D eigenvalue weighted by molar-refractivity contribution is 7.89. The van der Waals surface area contributed by atoms with Crippen LogP contribution in [-0.4, -0.2) is 37.8 Å². The summed E-state index contributed by atoms with van der Waals surface area (Å²) in [6.07, 6.45) is 7.37. The van der Waals surface area contributed by atoms with Crippen LogP contribution in [0.3, 0.4) is 0 Å². The van der Waals surface area contributed by atoms with Gasteiger partial charge in [0.15, 0.2) is 6.10 Å². The summed E-state index contributed by atoms with van der Waals surface area (Å²) in [6, 6.07) is 12.5. The molecule has 2 aromatic rings. The van der Waals surface area contributed by atoms with Crippen LogP contribution < -0.4 is 10.1 Å². The summed E-state index contributed by atoms with van der Waals surface area (Å²) < 4.78 is 33.2. The molecule has 4 rings (SSSR count). The number of nitrogens with one attached hydrogen (secondary N) is 1.